The first-order valence-electron chi connectivity index (χ1n) is 8.76. The number of hydrogen-bond donors (Lipinski definition) is 1. The van der Waals surface area contributed by atoms with Crippen molar-refractivity contribution in [2.45, 2.75) is 6.42 Å². The molecule has 3 aromatic rings. The number of rotatable bonds is 8. The highest BCUT2D eigenvalue weighted by molar-refractivity contribution is 5.77. The van der Waals surface area contributed by atoms with Crippen molar-refractivity contribution in [3.63, 3.8) is 0 Å². The summed E-state index contributed by atoms with van der Waals surface area (Å²) in [6, 6.07) is 16.7. The van der Waals surface area contributed by atoms with Gasteiger partial charge in [-0.05, 0) is 36.2 Å². The van der Waals surface area contributed by atoms with Crippen molar-refractivity contribution in [2.75, 3.05) is 20.3 Å². The lowest BCUT2D eigenvalue weighted by atomic mass is 10.2. The molecule has 0 radical (unpaired) electrons. The van der Waals surface area contributed by atoms with Gasteiger partial charge in [-0.1, -0.05) is 18.2 Å². The summed E-state index contributed by atoms with van der Waals surface area (Å²) in [5, 5.41) is 16.1. The predicted octanol–water partition coefficient (Wildman–Crippen LogP) is 2.49. The monoisotopic (exact) mass is 376 g/mol. The molecule has 28 heavy (non-hydrogen) atoms. The van der Waals surface area contributed by atoms with E-state index in [2.05, 4.69) is 10.4 Å². The number of ether oxygens (including phenoxy) is 2. The summed E-state index contributed by atoms with van der Waals surface area (Å²) < 4.78 is 12.5. The Kier molecular flexibility index (Phi) is 6.26. The Labute approximate surface area is 163 Å². The van der Waals surface area contributed by atoms with Crippen LogP contribution >= 0.6 is 0 Å². The van der Waals surface area contributed by atoms with Crippen molar-refractivity contribution >= 4 is 5.91 Å². The van der Waals surface area contributed by atoms with Gasteiger partial charge in [-0.3, -0.25) is 4.79 Å². The number of aromatic nitrogens is 2. The SMILES string of the molecule is COc1cc(C#N)ccc1OCC(=O)NCCc1cnn(-c2ccccc2)c1. The Morgan fingerprint density at radius 3 is 2.79 bits per heavy atom. The van der Waals surface area contributed by atoms with E-state index in [0.717, 1.165) is 11.3 Å². The van der Waals surface area contributed by atoms with E-state index < -0.39 is 0 Å². The van der Waals surface area contributed by atoms with Gasteiger partial charge >= 0.3 is 0 Å². The van der Waals surface area contributed by atoms with E-state index in [4.69, 9.17) is 14.7 Å². The van der Waals surface area contributed by atoms with Crippen molar-refractivity contribution in [3.05, 3.63) is 72.1 Å². The lowest BCUT2D eigenvalue weighted by Gasteiger charge is -2.10. The first kappa shape index (κ1) is 19.0. The molecule has 0 saturated heterocycles. The number of nitrogens with zero attached hydrogens (tertiary/aromatic N) is 3. The van der Waals surface area contributed by atoms with Gasteiger partial charge in [0.15, 0.2) is 18.1 Å². The highest BCUT2D eigenvalue weighted by Crippen LogP contribution is 2.27. The molecule has 7 nitrogen and oxygen atoms in total. The quantitative estimate of drug-likeness (QED) is 0.652. The van der Waals surface area contributed by atoms with E-state index in [0.29, 0.717) is 30.0 Å². The van der Waals surface area contributed by atoms with Crippen LogP contribution < -0.4 is 14.8 Å². The van der Waals surface area contributed by atoms with E-state index in [1.54, 1.807) is 29.1 Å². The second kappa shape index (κ2) is 9.24. The van der Waals surface area contributed by atoms with Crippen LogP contribution in [0.2, 0.25) is 0 Å². The van der Waals surface area contributed by atoms with Crippen molar-refractivity contribution in [3.8, 4) is 23.3 Å². The normalized spacial score (nSPS) is 10.1. The molecule has 0 aliphatic rings. The Bertz CT molecular complexity index is 977. The number of amides is 1. The van der Waals surface area contributed by atoms with Crippen molar-refractivity contribution < 1.29 is 14.3 Å². The number of carbonyl (C=O) groups excluding carboxylic acids is 1. The number of benzene rings is 2. The molecule has 1 amide bonds. The van der Waals surface area contributed by atoms with Crippen LogP contribution in [0.25, 0.3) is 5.69 Å². The van der Waals surface area contributed by atoms with Crippen molar-refractivity contribution in [2.24, 2.45) is 0 Å². The molecule has 1 aromatic heterocycles. The molecule has 0 bridgehead atoms. The summed E-state index contributed by atoms with van der Waals surface area (Å²) in [5.41, 5.74) is 2.48. The molecule has 0 aliphatic carbocycles. The second-order valence-electron chi connectivity index (χ2n) is 5.99. The van der Waals surface area contributed by atoms with Gasteiger partial charge in [0.05, 0.1) is 30.6 Å². The Balaban J connectivity index is 1.45. The molecule has 0 atom stereocenters. The topological polar surface area (TPSA) is 89.2 Å². The number of nitrogens with one attached hydrogen (secondary N) is 1. The van der Waals surface area contributed by atoms with Gasteiger partial charge in [-0.25, -0.2) is 4.68 Å². The summed E-state index contributed by atoms with van der Waals surface area (Å²) in [7, 11) is 1.49. The molecule has 142 valence electrons. The maximum absolute atomic E-state index is 12.0. The number of methoxy groups -OCH3 is 1. The average molecular weight is 376 g/mol. The van der Waals surface area contributed by atoms with Crippen LogP contribution in [0.5, 0.6) is 11.5 Å². The molecule has 2 aromatic carbocycles. The summed E-state index contributed by atoms with van der Waals surface area (Å²) in [6.45, 7) is 0.346. The molecule has 0 aliphatic heterocycles. The highest BCUT2D eigenvalue weighted by Gasteiger charge is 2.09. The number of hydrogen-bond acceptors (Lipinski definition) is 5. The average Bonchev–Trinajstić information content (AvgIpc) is 3.21. The minimum Gasteiger partial charge on any atom is -0.493 e. The Morgan fingerprint density at radius 1 is 1.21 bits per heavy atom. The minimum atomic E-state index is -0.234. The fraction of sp³-hybridized carbons (Fsp3) is 0.190. The van der Waals surface area contributed by atoms with Crippen LogP contribution in [0, 0.1) is 11.3 Å². The van der Waals surface area contributed by atoms with Gasteiger partial charge in [0, 0.05) is 18.8 Å². The van der Waals surface area contributed by atoms with Crippen molar-refractivity contribution in [1.29, 1.82) is 5.26 Å². The third-order valence-electron chi connectivity index (χ3n) is 4.04. The lowest BCUT2D eigenvalue weighted by molar-refractivity contribution is -0.123. The van der Waals surface area contributed by atoms with Crippen LogP contribution in [0.1, 0.15) is 11.1 Å². The summed E-state index contributed by atoms with van der Waals surface area (Å²) in [6.07, 6.45) is 4.40. The zero-order valence-corrected chi connectivity index (χ0v) is 15.5. The molecular weight excluding hydrogens is 356 g/mol. The van der Waals surface area contributed by atoms with Gasteiger partial charge in [0.1, 0.15) is 0 Å². The van der Waals surface area contributed by atoms with Gasteiger partial charge in [0.25, 0.3) is 5.91 Å². The Morgan fingerprint density at radius 2 is 2.04 bits per heavy atom. The molecule has 1 heterocycles. The van der Waals surface area contributed by atoms with Crippen LogP contribution in [-0.4, -0.2) is 35.9 Å². The van der Waals surface area contributed by atoms with Crippen LogP contribution in [-0.2, 0) is 11.2 Å². The standard InChI is InChI=1S/C21H20N4O3/c1-27-20-11-16(12-22)7-8-19(20)28-15-21(26)23-10-9-17-13-24-25(14-17)18-5-3-2-4-6-18/h2-8,11,13-14H,9-10,15H2,1H3,(H,23,26). The van der Waals surface area contributed by atoms with Crippen LogP contribution in [0.4, 0.5) is 0 Å². The first-order chi connectivity index (χ1) is 13.7. The number of para-hydroxylation sites is 1. The summed E-state index contributed by atoms with van der Waals surface area (Å²) in [4.78, 5) is 12.0. The molecule has 0 unspecified atom stereocenters. The molecule has 0 fully saturated rings. The van der Waals surface area contributed by atoms with Crippen LogP contribution in [0.15, 0.2) is 60.9 Å². The fourth-order valence-corrected chi connectivity index (χ4v) is 2.61. The van der Waals surface area contributed by atoms with E-state index in [9.17, 15) is 4.79 Å². The fourth-order valence-electron chi connectivity index (χ4n) is 2.61. The van der Waals surface area contributed by atoms with Gasteiger partial charge in [0.2, 0.25) is 0 Å². The highest BCUT2D eigenvalue weighted by atomic mass is 16.5. The van der Waals surface area contributed by atoms with Gasteiger partial charge in [-0.15, -0.1) is 0 Å². The largest absolute Gasteiger partial charge is 0.493 e. The zero-order chi connectivity index (χ0) is 19.8. The summed E-state index contributed by atoms with van der Waals surface area (Å²) in [5.74, 6) is 0.600. The third kappa shape index (κ3) is 4.89. The maximum atomic E-state index is 12.0. The number of carbonyl (C=O) groups is 1. The lowest BCUT2D eigenvalue weighted by Crippen LogP contribution is -2.30. The molecule has 1 N–H and O–H groups in total. The molecule has 3 rings (SSSR count). The van der Waals surface area contributed by atoms with Gasteiger partial charge < -0.3 is 14.8 Å². The third-order valence-corrected chi connectivity index (χ3v) is 4.04. The van der Waals surface area contributed by atoms with Gasteiger partial charge in [-0.2, -0.15) is 10.4 Å². The molecule has 0 spiro atoms. The first-order valence-corrected chi connectivity index (χ1v) is 8.76. The maximum Gasteiger partial charge on any atom is 0.257 e. The Hall–Kier alpha value is -3.79. The van der Waals surface area contributed by atoms with E-state index >= 15 is 0 Å². The number of nitriles is 1. The molecular formula is C21H20N4O3. The molecule has 0 saturated carbocycles. The minimum absolute atomic E-state index is 0.133. The van der Waals surface area contributed by atoms with Crippen LogP contribution in [0.3, 0.4) is 0 Å². The predicted molar refractivity (Wildman–Crippen MR) is 103 cm³/mol. The van der Waals surface area contributed by atoms with E-state index in [1.165, 1.54) is 7.11 Å². The second-order valence-corrected chi connectivity index (χ2v) is 5.99. The smallest absolute Gasteiger partial charge is 0.257 e. The zero-order valence-electron chi connectivity index (χ0n) is 15.5. The van der Waals surface area contributed by atoms with E-state index in [1.807, 2.05) is 42.6 Å². The van der Waals surface area contributed by atoms with Crippen molar-refractivity contribution in [1.82, 2.24) is 15.1 Å². The molecule has 7 heteroatoms. The van der Waals surface area contributed by atoms with E-state index in [-0.39, 0.29) is 12.5 Å². The summed E-state index contributed by atoms with van der Waals surface area (Å²) >= 11 is 0.